The van der Waals surface area contributed by atoms with E-state index in [1.54, 1.807) is 6.92 Å². The molecule has 1 fully saturated rings. The van der Waals surface area contributed by atoms with Gasteiger partial charge in [0.15, 0.2) is 0 Å². The number of hydrogen-bond donors (Lipinski definition) is 3. The lowest BCUT2D eigenvalue weighted by Crippen LogP contribution is -2.53. The summed E-state index contributed by atoms with van der Waals surface area (Å²) < 4.78 is 0. The van der Waals surface area contributed by atoms with Crippen molar-refractivity contribution in [1.82, 2.24) is 20.9 Å². The van der Waals surface area contributed by atoms with Gasteiger partial charge in [0.2, 0.25) is 11.8 Å². The van der Waals surface area contributed by atoms with E-state index in [9.17, 15) is 14.4 Å². The van der Waals surface area contributed by atoms with Crippen molar-refractivity contribution in [3.8, 4) is 0 Å². The number of nitrogens with one attached hydrogen (secondary N) is 3. The fourth-order valence-corrected chi connectivity index (χ4v) is 2.88. The fraction of sp³-hybridized carbons (Fsp3) is 0.812. The number of carbonyl (C=O) groups is 3. The topological polar surface area (TPSA) is 90.5 Å². The van der Waals surface area contributed by atoms with Gasteiger partial charge in [-0.25, -0.2) is 4.79 Å². The van der Waals surface area contributed by atoms with E-state index < -0.39 is 12.1 Å². The molecule has 3 N–H and O–H groups in total. The Hall–Kier alpha value is -1.63. The van der Waals surface area contributed by atoms with Gasteiger partial charge in [0.05, 0.1) is 12.0 Å². The summed E-state index contributed by atoms with van der Waals surface area (Å²) in [6.45, 7) is 7.18. The predicted molar refractivity (Wildman–Crippen MR) is 88.9 cm³/mol. The minimum absolute atomic E-state index is 0.0644. The Balaban J connectivity index is 2.54. The highest BCUT2D eigenvalue weighted by molar-refractivity contribution is 5.96. The van der Waals surface area contributed by atoms with Crippen LogP contribution in [0.4, 0.5) is 4.79 Å². The Bertz CT molecular complexity index is 428. The number of amides is 4. The number of likely N-dealkylation sites (tertiary alicyclic amines) is 1. The van der Waals surface area contributed by atoms with E-state index in [1.807, 2.05) is 11.8 Å². The molecular weight excluding hydrogens is 296 g/mol. The molecule has 1 rings (SSSR count). The fourth-order valence-electron chi connectivity index (χ4n) is 2.88. The van der Waals surface area contributed by atoms with Gasteiger partial charge in [-0.2, -0.15) is 0 Å². The summed E-state index contributed by atoms with van der Waals surface area (Å²) in [6.07, 6.45) is 3.71. The number of hydrogen-bond acceptors (Lipinski definition) is 4. The summed E-state index contributed by atoms with van der Waals surface area (Å²) in [5, 5.41) is 7.70. The summed E-state index contributed by atoms with van der Waals surface area (Å²) in [6, 6.07) is -0.769. The van der Waals surface area contributed by atoms with Crippen LogP contribution in [0.25, 0.3) is 0 Å². The largest absolute Gasteiger partial charge is 0.353 e. The van der Waals surface area contributed by atoms with Crippen molar-refractivity contribution in [3.63, 3.8) is 0 Å². The highest BCUT2D eigenvalue weighted by Crippen LogP contribution is 2.19. The number of rotatable bonds is 6. The van der Waals surface area contributed by atoms with Gasteiger partial charge in [0.1, 0.15) is 0 Å². The summed E-state index contributed by atoms with van der Waals surface area (Å²) in [4.78, 5) is 37.6. The lowest BCUT2D eigenvalue weighted by atomic mass is 9.95. The molecule has 0 saturated carbocycles. The average molecular weight is 326 g/mol. The van der Waals surface area contributed by atoms with Gasteiger partial charge in [-0.1, -0.05) is 13.3 Å². The van der Waals surface area contributed by atoms with Crippen LogP contribution in [0.2, 0.25) is 0 Å². The SMILES string of the molecule is CCC[C@H](C)NC(=O)[C@H]1CCCN([C@@H](C)C(=O)NC(=O)NC)C1. The van der Waals surface area contributed by atoms with Crippen LogP contribution in [-0.4, -0.2) is 55.0 Å². The highest BCUT2D eigenvalue weighted by atomic mass is 16.2. The maximum Gasteiger partial charge on any atom is 0.321 e. The summed E-state index contributed by atoms with van der Waals surface area (Å²) in [5.74, 6) is -0.377. The second-order valence-corrected chi connectivity index (χ2v) is 6.28. The van der Waals surface area contributed by atoms with Crippen LogP contribution in [0.5, 0.6) is 0 Å². The Morgan fingerprint density at radius 2 is 1.96 bits per heavy atom. The van der Waals surface area contributed by atoms with Gasteiger partial charge in [0, 0.05) is 19.6 Å². The van der Waals surface area contributed by atoms with E-state index in [0.29, 0.717) is 6.54 Å². The maximum absolute atomic E-state index is 12.3. The first kappa shape index (κ1) is 19.4. The third kappa shape index (κ3) is 6.17. The first-order chi connectivity index (χ1) is 10.9. The van der Waals surface area contributed by atoms with Gasteiger partial charge in [-0.15, -0.1) is 0 Å². The van der Waals surface area contributed by atoms with Crippen LogP contribution in [0, 0.1) is 5.92 Å². The van der Waals surface area contributed by atoms with Crippen molar-refractivity contribution in [2.75, 3.05) is 20.1 Å². The molecule has 0 aromatic rings. The molecule has 0 spiro atoms. The molecule has 4 amide bonds. The third-order valence-corrected chi connectivity index (χ3v) is 4.32. The molecule has 7 nitrogen and oxygen atoms in total. The molecule has 132 valence electrons. The molecule has 3 atom stereocenters. The number of imide groups is 1. The van der Waals surface area contributed by atoms with Crippen LogP contribution in [0.3, 0.4) is 0 Å². The molecule has 0 aliphatic carbocycles. The number of urea groups is 1. The lowest BCUT2D eigenvalue weighted by molar-refractivity contribution is -0.131. The molecule has 1 aliphatic heterocycles. The normalized spacial score (nSPS) is 21.1. The van der Waals surface area contributed by atoms with Crippen LogP contribution >= 0.6 is 0 Å². The van der Waals surface area contributed by atoms with Gasteiger partial charge in [-0.3, -0.25) is 19.8 Å². The van der Waals surface area contributed by atoms with Crippen molar-refractivity contribution in [2.45, 2.75) is 58.5 Å². The van der Waals surface area contributed by atoms with E-state index in [1.165, 1.54) is 7.05 Å². The third-order valence-electron chi connectivity index (χ3n) is 4.32. The first-order valence-electron chi connectivity index (χ1n) is 8.46. The molecular formula is C16H30N4O3. The predicted octanol–water partition coefficient (Wildman–Crippen LogP) is 0.847. The number of piperidine rings is 1. The van der Waals surface area contributed by atoms with Gasteiger partial charge >= 0.3 is 6.03 Å². The van der Waals surface area contributed by atoms with Crippen molar-refractivity contribution in [1.29, 1.82) is 0 Å². The van der Waals surface area contributed by atoms with Crippen LogP contribution in [-0.2, 0) is 9.59 Å². The Morgan fingerprint density at radius 3 is 2.57 bits per heavy atom. The van der Waals surface area contributed by atoms with E-state index in [2.05, 4.69) is 22.9 Å². The van der Waals surface area contributed by atoms with E-state index >= 15 is 0 Å². The standard InChI is InChI=1S/C16H30N4O3/c1-5-7-11(2)18-15(22)13-8-6-9-20(10-13)12(3)14(21)19-16(23)17-4/h11-13H,5-10H2,1-4H3,(H,18,22)(H2,17,19,21,23)/t11-,12-,13-/m0/s1. The molecule has 23 heavy (non-hydrogen) atoms. The summed E-state index contributed by atoms with van der Waals surface area (Å²) in [7, 11) is 1.46. The minimum atomic E-state index is -0.512. The van der Waals surface area contributed by atoms with Crippen molar-refractivity contribution in [2.24, 2.45) is 5.92 Å². The van der Waals surface area contributed by atoms with Gasteiger partial charge in [0.25, 0.3) is 0 Å². The average Bonchev–Trinajstić information content (AvgIpc) is 2.54. The maximum atomic E-state index is 12.3. The Kier molecular flexibility index (Phi) is 8.02. The zero-order valence-corrected chi connectivity index (χ0v) is 14.6. The zero-order chi connectivity index (χ0) is 17.4. The number of nitrogens with zero attached hydrogens (tertiary/aromatic N) is 1. The van der Waals surface area contributed by atoms with Crippen LogP contribution < -0.4 is 16.0 Å². The van der Waals surface area contributed by atoms with E-state index in [0.717, 1.165) is 32.2 Å². The second-order valence-electron chi connectivity index (χ2n) is 6.28. The molecule has 0 aromatic carbocycles. The zero-order valence-electron chi connectivity index (χ0n) is 14.6. The van der Waals surface area contributed by atoms with Crippen molar-refractivity contribution >= 4 is 17.8 Å². The minimum Gasteiger partial charge on any atom is -0.353 e. The first-order valence-corrected chi connectivity index (χ1v) is 8.46. The second kappa shape index (κ2) is 9.50. The van der Waals surface area contributed by atoms with Gasteiger partial charge < -0.3 is 10.6 Å². The Labute approximate surface area is 138 Å². The van der Waals surface area contributed by atoms with E-state index in [4.69, 9.17) is 0 Å². The van der Waals surface area contributed by atoms with E-state index in [-0.39, 0.29) is 23.8 Å². The summed E-state index contributed by atoms with van der Waals surface area (Å²) >= 11 is 0. The molecule has 0 radical (unpaired) electrons. The Morgan fingerprint density at radius 1 is 1.26 bits per heavy atom. The molecule has 0 aromatic heterocycles. The van der Waals surface area contributed by atoms with Crippen LogP contribution in [0.15, 0.2) is 0 Å². The van der Waals surface area contributed by atoms with Crippen LogP contribution in [0.1, 0.15) is 46.5 Å². The molecule has 1 aliphatic rings. The van der Waals surface area contributed by atoms with Gasteiger partial charge in [-0.05, 0) is 39.7 Å². The number of carbonyl (C=O) groups excluding carboxylic acids is 3. The van der Waals surface area contributed by atoms with Crippen molar-refractivity contribution in [3.05, 3.63) is 0 Å². The molecule has 1 saturated heterocycles. The molecule has 7 heteroatoms. The summed E-state index contributed by atoms with van der Waals surface area (Å²) in [5.41, 5.74) is 0. The smallest absolute Gasteiger partial charge is 0.321 e. The molecule has 0 bridgehead atoms. The molecule has 1 heterocycles. The monoisotopic (exact) mass is 326 g/mol. The quantitative estimate of drug-likeness (QED) is 0.675. The lowest BCUT2D eigenvalue weighted by Gasteiger charge is -2.35. The molecule has 0 unspecified atom stereocenters. The highest BCUT2D eigenvalue weighted by Gasteiger charge is 2.31. The van der Waals surface area contributed by atoms with Crippen molar-refractivity contribution < 1.29 is 14.4 Å².